The number of phenolic OH excluding ortho intramolecular Hbond substituents is 1. The number of ether oxygens (including phenoxy) is 1. The van der Waals surface area contributed by atoms with Gasteiger partial charge in [0.05, 0.1) is 26.2 Å². The zero-order valence-electron chi connectivity index (χ0n) is 20.4. The Morgan fingerprint density at radius 2 is 1.53 bits per heavy atom. The van der Waals surface area contributed by atoms with Crippen LogP contribution in [0.4, 0.5) is 11.4 Å². The van der Waals surface area contributed by atoms with Crippen LogP contribution in [-0.2, 0) is 29.9 Å². The van der Waals surface area contributed by atoms with Crippen molar-refractivity contribution in [2.45, 2.75) is 36.7 Å². The van der Waals surface area contributed by atoms with Crippen molar-refractivity contribution in [3.63, 3.8) is 0 Å². The highest BCUT2D eigenvalue weighted by Gasteiger charge is 2.37. The summed E-state index contributed by atoms with van der Waals surface area (Å²) in [4.78, 5) is 26.1. The third kappa shape index (κ3) is 6.97. The monoisotopic (exact) mass is 578 g/mol. The second kappa shape index (κ2) is 11.3. The van der Waals surface area contributed by atoms with Crippen molar-refractivity contribution < 1.29 is 36.3 Å². The lowest BCUT2D eigenvalue weighted by atomic mass is 9.87. The average molecular weight is 579 g/mol. The molecule has 3 aromatic rings. The second-order valence-corrected chi connectivity index (χ2v) is 12.0. The average Bonchev–Trinajstić information content (AvgIpc) is 2.83. The Labute approximate surface area is 225 Å². The van der Waals surface area contributed by atoms with Gasteiger partial charge in [0.2, 0.25) is 15.9 Å². The Bertz CT molecular complexity index is 1600. The number of carbonyl (C=O) groups excluding carboxylic acids is 2. The number of nitrogens with zero attached hydrogens (tertiary/aromatic N) is 1. The zero-order valence-corrected chi connectivity index (χ0v) is 22.8. The van der Waals surface area contributed by atoms with Gasteiger partial charge in [-0.05, 0) is 66.7 Å². The fourth-order valence-corrected chi connectivity index (χ4v) is 4.88. The second-order valence-electron chi connectivity index (χ2n) is 9.04. The molecule has 13 heteroatoms. The fraction of sp³-hybridized carbons (Fsp3) is 0.200. The normalized spacial score (nSPS) is 12.3. The van der Waals surface area contributed by atoms with E-state index in [1.807, 2.05) is 0 Å². The summed E-state index contributed by atoms with van der Waals surface area (Å²) in [6.45, 7) is 4.80. The molecule has 0 saturated carbocycles. The first-order valence-corrected chi connectivity index (χ1v) is 13.8. The first kappa shape index (κ1) is 28.8. The zero-order chi connectivity index (χ0) is 28.3. The minimum Gasteiger partial charge on any atom is -0.508 e. The van der Waals surface area contributed by atoms with Gasteiger partial charge in [0.1, 0.15) is 11.5 Å². The van der Waals surface area contributed by atoms with E-state index in [0.29, 0.717) is 0 Å². The van der Waals surface area contributed by atoms with Crippen LogP contribution in [-0.4, -0.2) is 39.7 Å². The Hall–Kier alpha value is -3.74. The number of halogens is 1. The van der Waals surface area contributed by atoms with Gasteiger partial charge in [-0.1, -0.05) is 32.4 Å². The maximum Gasteiger partial charge on any atom is 0.316 e. The molecule has 200 valence electrons. The van der Waals surface area contributed by atoms with Crippen molar-refractivity contribution in [1.82, 2.24) is 0 Å². The van der Waals surface area contributed by atoms with Gasteiger partial charge in [-0.3, -0.25) is 9.59 Å². The van der Waals surface area contributed by atoms with E-state index in [0.717, 1.165) is 0 Å². The first-order chi connectivity index (χ1) is 17.7. The van der Waals surface area contributed by atoms with Gasteiger partial charge < -0.3 is 15.2 Å². The number of carbonyl (C=O) groups is 2. The van der Waals surface area contributed by atoms with Gasteiger partial charge >= 0.3 is 10.5 Å². The summed E-state index contributed by atoms with van der Waals surface area (Å²) >= 11 is 6.12. The van der Waals surface area contributed by atoms with E-state index < -0.39 is 43.5 Å². The highest BCUT2D eigenvalue weighted by molar-refractivity contribution is 7.91. The Morgan fingerprint density at radius 3 is 2.05 bits per heavy atom. The van der Waals surface area contributed by atoms with E-state index in [1.165, 1.54) is 66.7 Å². The van der Waals surface area contributed by atoms with Crippen LogP contribution >= 0.6 is 11.6 Å². The number of sulfone groups is 1. The predicted octanol–water partition coefficient (Wildman–Crippen LogP) is 4.57. The van der Waals surface area contributed by atoms with Gasteiger partial charge in [-0.25, -0.2) is 8.42 Å². The van der Waals surface area contributed by atoms with E-state index in [2.05, 4.69) is 9.68 Å². The third-order valence-corrected chi connectivity index (χ3v) is 7.61. The van der Waals surface area contributed by atoms with Gasteiger partial charge in [-0.2, -0.15) is 8.42 Å². The van der Waals surface area contributed by atoms with E-state index in [-0.39, 0.29) is 37.7 Å². The van der Waals surface area contributed by atoms with Gasteiger partial charge in [0, 0.05) is 5.41 Å². The Morgan fingerprint density at radius 1 is 0.974 bits per heavy atom. The number of aromatic hydroxyl groups is 1. The SMILES string of the molecule is CC(C)(C)C(=O)C(Oc1ccc(S(=O)(=O)c2ccc(O)cc2)cc1)C(=O)Nc1cc(N=S(=O)=O)ccc1Cl. The number of Topliss-reactive ketones (excluding diaryl/α,β-unsaturated/α-hetero) is 1. The molecule has 10 nitrogen and oxygen atoms in total. The molecule has 0 saturated heterocycles. The lowest BCUT2D eigenvalue weighted by molar-refractivity contribution is -0.140. The summed E-state index contributed by atoms with van der Waals surface area (Å²) in [7, 11) is -6.63. The Kier molecular flexibility index (Phi) is 8.60. The van der Waals surface area contributed by atoms with Crippen molar-refractivity contribution >= 4 is 55.0 Å². The van der Waals surface area contributed by atoms with Crippen molar-refractivity contribution in [1.29, 1.82) is 0 Å². The number of hydrogen-bond acceptors (Lipinski definition) is 9. The summed E-state index contributed by atoms with van der Waals surface area (Å²) < 4.78 is 56.5. The Balaban J connectivity index is 1.90. The van der Waals surface area contributed by atoms with Crippen molar-refractivity contribution in [3.05, 3.63) is 71.8 Å². The maximum atomic E-state index is 13.1. The molecule has 0 aromatic heterocycles. The third-order valence-electron chi connectivity index (χ3n) is 5.14. The van der Waals surface area contributed by atoms with E-state index in [4.69, 9.17) is 16.3 Å². The highest BCUT2D eigenvalue weighted by atomic mass is 35.5. The molecule has 3 aromatic carbocycles. The van der Waals surface area contributed by atoms with Gasteiger partial charge in [0.15, 0.2) is 5.78 Å². The number of ketones is 1. The number of benzene rings is 3. The molecule has 0 aliphatic carbocycles. The van der Waals surface area contributed by atoms with Gasteiger partial charge in [0.25, 0.3) is 5.91 Å². The topological polar surface area (TPSA) is 156 Å². The minimum absolute atomic E-state index is 0.00285. The molecule has 3 rings (SSSR count). The summed E-state index contributed by atoms with van der Waals surface area (Å²) in [5, 5.41) is 11.9. The number of nitrogens with one attached hydrogen (secondary N) is 1. The summed E-state index contributed by atoms with van der Waals surface area (Å²) in [5.41, 5.74) is -0.984. The van der Waals surface area contributed by atoms with Crippen LogP contribution < -0.4 is 10.1 Å². The van der Waals surface area contributed by atoms with Crippen LogP contribution in [0.5, 0.6) is 11.5 Å². The van der Waals surface area contributed by atoms with Crippen LogP contribution in [0.2, 0.25) is 5.02 Å². The van der Waals surface area contributed by atoms with E-state index in [9.17, 15) is 31.5 Å². The number of rotatable bonds is 8. The molecule has 0 fully saturated rings. The largest absolute Gasteiger partial charge is 0.508 e. The number of anilines is 1. The molecule has 0 radical (unpaired) electrons. The molecule has 2 N–H and O–H groups in total. The van der Waals surface area contributed by atoms with E-state index in [1.54, 1.807) is 20.8 Å². The summed E-state index contributed by atoms with van der Waals surface area (Å²) in [6, 6.07) is 14.0. The van der Waals surface area contributed by atoms with Crippen LogP contribution in [0.15, 0.2) is 80.9 Å². The highest BCUT2D eigenvalue weighted by Crippen LogP contribution is 2.29. The lowest BCUT2D eigenvalue weighted by Gasteiger charge is -2.25. The minimum atomic E-state index is -3.90. The molecule has 0 bridgehead atoms. The molecule has 1 amide bonds. The molecule has 1 unspecified atom stereocenters. The number of hydrogen-bond donors (Lipinski definition) is 2. The fourth-order valence-electron chi connectivity index (χ4n) is 3.16. The smallest absolute Gasteiger partial charge is 0.316 e. The molecule has 1 atom stereocenters. The van der Waals surface area contributed by atoms with Crippen molar-refractivity contribution in [2.75, 3.05) is 5.32 Å². The van der Waals surface area contributed by atoms with E-state index >= 15 is 0 Å². The number of phenols is 1. The molecule has 0 heterocycles. The van der Waals surface area contributed by atoms with Crippen LogP contribution in [0.1, 0.15) is 20.8 Å². The predicted molar refractivity (Wildman–Crippen MR) is 140 cm³/mol. The van der Waals surface area contributed by atoms with Crippen LogP contribution in [0.25, 0.3) is 0 Å². The summed E-state index contributed by atoms with van der Waals surface area (Å²) in [5.74, 6) is -1.49. The van der Waals surface area contributed by atoms with Crippen molar-refractivity contribution in [3.8, 4) is 11.5 Å². The van der Waals surface area contributed by atoms with Crippen LogP contribution in [0.3, 0.4) is 0 Å². The quantitative estimate of drug-likeness (QED) is 0.368. The van der Waals surface area contributed by atoms with Gasteiger partial charge in [-0.15, -0.1) is 4.36 Å². The molecular formula is C25H23ClN2O8S2. The molecule has 38 heavy (non-hydrogen) atoms. The molecule has 0 aliphatic rings. The first-order valence-electron chi connectivity index (χ1n) is 10.9. The van der Waals surface area contributed by atoms with Crippen LogP contribution in [0, 0.1) is 5.41 Å². The standard InChI is InChI=1S/C25H23ClN2O8S2/c1-25(2,3)23(30)22(24(31)27-21-14-15(28-37(32)33)4-13-20(21)26)36-17-7-11-19(12-8-17)38(34,35)18-9-5-16(29)6-10-18/h4-14,22,29H,1-3H3,(H,27,31). The summed E-state index contributed by atoms with van der Waals surface area (Å²) in [6.07, 6.45) is -1.65. The maximum absolute atomic E-state index is 13.1. The molecular weight excluding hydrogens is 556 g/mol. The number of amides is 1. The van der Waals surface area contributed by atoms with Crippen molar-refractivity contribution in [2.24, 2.45) is 9.78 Å². The lowest BCUT2D eigenvalue weighted by Crippen LogP contribution is -2.45. The molecule has 0 spiro atoms. The molecule has 0 aliphatic heterocycles.